The lowest BCUT2D eigenvalue weighted by atomic mass is 9.96. The first kappa shape index (κ1) is 93.0. The maximum Gasteiger partial charge on any atom is 0.245 e. The number of carbonyl (C=O) groups is 2. The van der Waals surface area contributed by atoms with E-state index in [1.807, 2.05) is 155 Å². The monoisotopic (exact) mass is 1690 g/mol. The van der Waals surface area contributed by atoms with E-state index in [0.717, 1.165) is 75.6 Å². The van der Waals surface area contributed by atoms with E-state index in [-0.39, 0.29) is 64.7 Å². The van der Waals surface area contributed by atoms with Gasteiger partial charge in [0, 0.05) is 56.3 Å². The van der Waals surface area contributed by atoms with Gasteiger partial charge in [0.05, 0.1) is 36.7 Å². The van der Waals surface area contributed by atoms with Gasteiger partial charge in [-0.3, -0.25) is 15.0 Å². The van der Waals surface area contributed by atoms with Crippen LogP contribution in [0.25, 0.3) is 85.4 Å². The summed E-state index contributed by atoms with van der Waals surface area (Å²) in [5.41, 5.74) is 43.8. The Labute approximate surface area is 720 Å². The van der Waals surface area contributed by atoms with Crippen molar-refractivity contribution in [3.8, 4) is 0 Å². The molecule has 0 saturated carbocycles. The number of fused-ring (bicyclic) bond motifs is 7. The van der Waals surface area contributed by atoms with Gasteiger partial charge in [-0.1, -0.05) is 289 Å². The average Bonchev–Trinajstić information content (AvgIpc) is 0.789. The van der Waals surface area contributed by atoms with E-state index in [0.29, 0.717) is 40.1 Å². The highest BCUT2D eigenvalue weighted by Gasteiger charge is 2.23. The van der Waals surface area contributed by atoms with E-state index in [1.54, 1.807) is 6.20 Å². The molecule has 0 radical (unpaired) electrons. The molecule has 4 atom stereocenters. The summed E-state index contributed by atoms with van der Waals surface area (Å²) >= 11 is 3.02. The molecule has 4 heterocycles. The van der Waals surface area contributed by atoms with E-state index in [4.69, 9.17) is 41.5 Å². The standard InChI is InChI=1S/C20H21N7.C19H19N5.C14H17N.C13H14O.C13H12O.C11H8O.C5H3BrN4.CH5N3.CH5N/c1-3-16(14-10-6-8-12-7-4-5-9-13(12)14)27(2)20-23-11-15-17(21)24-19(22)25-18(15)26-20;1-4-17(15-11-7-9-13-8-5-6-10-14(13)15)24(3)19-22-12-16(21-2)18(20)23-19;1-3-14(15-2)13-10-6-8-11-7-4-5-9-12(11)13;2*1-2-13(14)12-9-5-7-10-6-3-4-8-11(10)12;12-8-10-6-3-5-9-4-1-2-7-11(9)10;1-8-3-2-9-5(6)10-4(3)7;2-1(3)4;1-2/h4-11,16H,3H2,1-2H3,(H4,21,22,23,24,25,26);5-12,17H,4H2,1,3H3,(H2,20,22,23);4-10,14-15H,3H2,1-2H3;3-9,13-14H,2H2,1H3;3-9H,2H2,1H3;1-8H;2H,(H2,7,9,10);(H5,2,3,4);2H2,1H3. The Hall–Kier alpha value is -14.5. The Balaban J connectivity index is 0.000000179. The fourth-order valence-corrected chi connectivity index (χ4v) is 14.2. The van der Waals surface area contributed by atoms with Crippen LogP contribution in [0.1, 0.15) is 134 Å². The van der Waals surface area contributed by atoms with Gasteiger partial charge in [-0.15, -0.1) is 0 Å². The number of aromatic nitrogens is 8. The van der Waals surface area contributed by atoms with Gasteiger partial charge >= 0.3 is 0 Å². The van der Waals surface area contributed by atoms with Gasteiger partial charge in [0.1, 0.15) is 17.5 Å². The molecule has 622 valence electrons. The minimum atomic E-state index is -0.346. The zero-order valence-corrected chi connectivity index (χ0v) is 71.5. The highest BCUT2D eigenvalue weighted by molar-refractivity contribution is 9.10. The largest absolute Gasteiger partial charge is 0.392 e. The van der Waals surface area contributed by atoms with Crippen LogP contribution in [0.3, 0.4) is 0 Å². The lowest BCUT2D eigenvalue weighted by molar-refractivity contribution is 0.0989. The van der Waals surface area contributed by atoms with Crippen molar-refractivity contribution >= 4 is 156 Å². The number of aliphatic hydroxyl groups excluding tert-OH is 1. The zero-order chi connectivity index (χ0) is 88.2. The van der Waals surface area contributed by atoms with Gasteiger partial charge in [0.2, 0.25) is 29.2 Å². The number of hydrogen-bond donors (Lipinski definition) is 10. The number of nitrogens with zero attached hydrogens (tertiary/aromatic N) is 12. The number of hydrogen-bond acceptors (Lipinski definition) is 20. The second-order valence-electron chi connectivity index (χ2n) is 27.4. The highest BCUT2D eigenvalue weighted by Crippen LogP contribution is 2.36. The predicted octanol–water partition coefficient (Wildman–Crippen LogP) is 20.3. The van der Waals surface area contributed by atoms with Crippen LogP contribution in [0.4, 0.5) is 46.7 Å². The second kappa shape index (κ2) is 47.2. The van der Waals surface area contributed by atoms with Crippen molar-refractivity contribution in [2.75, 3.05) is 60.9 Å². The van der Waals surface area contributed by atoms with Crippen LogP contribution in [0.5, 0.6) is 0 Å². The van der Waals surface area contributed by atoms with Crippen LogP contribution in [0, 0.1) is 18.6 Å². The Kier molecular flexibility index (Phi) is 36.0. The Bertz CT molecular complexity index is 6220. The van der Waals surface area contributed by atoms with Crippen LogP contribution in [0.15, 0.2) is 278 Å². The fraction of sp³-hybridized carbons (Fsp3) is 0.186. The number of nitrogens with two attached hydrogens (primary N) is 7. The third-order valence-corrected chi connectivity index (χ3v) is 20.3. The SMILES string of the molecule is CCC(=O)c1cccc2ccccc12.CCC(NC)c1cccc2ccccc12.CCC(O)c1cccc2ccccc12.CCC(c1cccc2ccccc12)N(C)c1ncc2c(N)nc(N)nc2n1.CN.N=C(N)N.O=Cc1cccc2ccccc12.[C-]#[N+]c1cnc(Br)nc1N.[C-]#[N+]c1cnc(N(C)C(CC)c2cccc3ccccc23)nc1N. The van der Waals surface area contributed by atoms with Crippen molar-refractivity contribution in [1.29, 1.82) is 5.41 Å². The molecule has 17 N–H and O–H groups in total. The van der Waals surface area contributed by atoms with Crippen molar-refractivity contribution in [2.24, 2.45) is 17.2 Å². The molecule has 0 aliphatic heterocycles. The Morgan fingerprint density at radius 1 is 0.459 bits per heavy atom. The first-order valence-electron chi connectivity index (χ1n) is 39.7. The number of benzene rings is 12. The third kappa shape index (κ3) is 24.6. The number of carbonyl (C=O) groups excluding carboxylic acids is 2. The van der Waals surface area contributed by atoms with Crippen LogP contribution >= 0.6 is 15.9 Å². The van der Waals surface area contributed by atoms with Crippen LogP contribution in [0.2, 0.25) is 0 Å². The number of anilines is 6. The smallest absolute Gasteiger partial charge is 0.245 e. The first-order chi connectivity index (χ1) is 59.1. The number of rotatable bonds is 16. The number of ketones is 1. The average molecular weight is 1690 g/mol. The lowest BCUT2D eigenvalue weighted by Crippen LogP contribution is -2.26. The van der Waals surface area contributed by atoms with Gasteiger partial charge < -0.3 is 60.4 Å². The molecule has 0 aliphatic carbocycles. The third-order valence-electron chi connectivity index (χ3n) is 19.9. The summed E-state index contributed by atoms with van der Waals surface area (Å²) in [5.74, 6) is 1.79. The fourth-order valence-electron chi connectivity index (χ4n) is 13.9. The summed E-state index contributed by atoms with van der Waals surface area (Å²) in [7, 11) is 7.48. The minimum Gasteiger partial charge on any atom is -0.392 e. The summed E-state index contributed by atoms with van der Waals surface area (Å²) < 4.78 is 0.400. The number of halogens is 1. The van der Waals surface area contributed by atoms with Crippen LogP contribution in [-0.2, 0) is 0 Å². The quantitative estimate of drug-likeness (QED) is 0.0107. The van der Waals surface area contributed by atoms with Gasteiger partial charge in [-0.05, 0) is 143 Å². The molecule has 16 aromatic rings. The van der Waals surface area contributed by atoms with Crippen molar-refractivity contribution in [3.63, 3.8) is 0 Å². The van der Waals surface area contributed by atoms with Gasteiger partial charge in [-0.2, -0.15) is 15.0 Å². The summed E-state index contributed by atoms with van der Waals surface area (Å²) in [6.45, 7) is 24.1. The van der Waals surface area contributed by atoms with E-state index >= 15 is 0 Å². The Morgan fingerprint density at radius 3 is 1.25 bits per heavy atom. The van der Waals surface area contributed by atoms with Gasteiger partial charge in [0.15, 0.2) is 28.4 Å². The molecule has 122 heavy (non-hydrogen) atoms. The number of nitrogen functional groups attached to an aromatic ring is 4. The van der Waals surface area contributed by atoms with E-state index in [1.165, 1.54) is 73.8 Å². The van der Waals surface area contributed by atoms with Crippen LogP contribution in [-0.4, -0.2) is 91.2 Å². The molecular weight excluding hydrogens is 1590 g/mol. The number of Topliss-reactive ketones (excluding diaryl/α,β-unsaturated/α-hetero) is 1. The molecule has 24 nitrogen and oxygen atoms in total. The van der Waals surface area contributed by atoms with Crippen molar-refractivity contribution in [1.82, 2.24) is 45.2 Å². The molecule has 16 rings (SSSR count). The predicted molar refractivity (Wildman–Crippen MR) is 507 cm³/mol. The molecule has 4 unspecified atom stereocenters. The van der Waals surface area contributed by atoms with E-state index in [2.05, 4.69) is 253 Å². The maximum absolute atomic E-state index is 11.6. The van der Waals surface area contributed by atoms with Crippen molar-refractivity contribution in [3.05, 3.63) is 334 Å². The summed E-state index contributed by atoms with van der Waals surface area (Å²) in [6.07, 6.45) is 9.29. The molecule has 0 amide bonds. The van der Waals surface area contributed by atoms with Gasteiger partial charge in [-0.25, -0.2) is 34.6 Å². The van der Waals surface area contributed by atoms with Crippen molar-refractivity contribution < 1.29 is 14.7 Å². The van der Waals surface area contributed by atoms with Crippen molar-refractivity contribution in [2.45, 2.75) is 91.0 Å². The molecule has 0 aliphatic rings. The molecule has 12 aromatic carbocycles. The summed E-state index contributed by atoms with van der Waals surface area (Å²) in [5, 5.41) is 34.1. The molecule has 0 saturated heterocycles. The lowest BCUT2D eigenvalue weighted by Gasteiger charge is -2.29. The Morgan fingerprint density at radius 2 is 0.828 bits per heavy atom. The summed E-state index contributed by atoms with van der Waals surface area (Å²) in [6, 6.07) is 86.9. The number of nitrogens with one attached hydrogen (secondary N) is 2. The van der Waals surface area contributed by atoms with Gasteiger partial charge in [0.25, 0.3) is 0 Å². The maximum atomic E-state index is 11.6. The number of aldehydes is 1. The molecule has 0 fully saturated rings. The van der Waals surface area contributed by atoms with Crippen LogP contribution < -0.4 is 55.3 Å². The second-order valence-corrected chi connectivity index (χ2v) is 28.1. The topological polar surface area (TPSA) is 391 Å². The molecule has 0 bridgehead atoms. The van der Waals surface area contributed by atoms with E-state index < -0.39 is 0 Å². The normalized spacial score (nSPS) is 11.3. The van der Waals surface area contributed by atoms with E-state index in [9.17, 15) is 14.7 Å². The zero-order valence-electron chi connectivity index (χ0n) is 70.0. The summed E-state index contributed by atoms with van der Waals surface area (Å²) in [4.78, 5) is 66.0. The minimum absolute atomic E-state index is 0.105. The molecule has 4 aromatic heterocycles. The highest BCUT2D eigenvalue weighted by atomic mass is 79.9. The molecule has 25 heteroatoms. The molecule has 0 spiro atoms. The number of aliphatic hydroxyl groups is 1. The first-order valence-corrected chi connectivity index (χ1v) is 40.5. The number of guanidine groups is 1. The molecular formula is C97H104BrN21O3.